The third-order valence-electron chi connectivity index (χ3n) is 5.21. The summed E-state index contributed by atoms with van der Waals surface area (Å²) in [6, 6.07) is 14.1. The van der Waals surface area contributed by atoms with Crippen LogP contribution in [-0.4, -0.2) is 43.0 Å². The molecule has 0 unspecified atom stereocenters. The minimum Gasteiger partial charge on any atom is -0.495 e. The lowest BCUT2D eigenvalue weighted by Gasteiger charge is -2.35. The van der Waals surface area contributed by atoms with Crippen LogP contribution < -0.4 is 15.4 Å². The number of methoxy groups -OCH3 is 1. The van der Waals surface area contributed by atoms with E-state index in [-0.39, 0.29) is 23.8 Å². The van der Waals surface area contributed by atoms with Crippen molar-refractivity contribution in [3.05, 3.63) is 53.6 Å². The lowest BCUT2D eigenvalue weighted by atomic mass is 9.95. The van der Waals surface area contributed by atoms with Crippen LogP contribution in [0.2, 0.25) is 5.02 Å². The molecule has 2 aromatic rings. The molecule has 0 spiro atoms. The summed E-state index contributed by atoms with van der Waals surface area (Å²) in [7, 11) is 1.54. The number of likely N-dealkylation sites (tertiary alicyclic amines) is 1. The summed E-state index contributed by atoms with van der Waals surface area (Å²) in [5.41, 5.74) is 1.32. The Hall–Kier alpha value is -2.57. The van der Waals surface area contributed by atoms with E-state index < -0.39 is 0 Å². The lowest BCUT2D eigenvalue weighted by molar-refractivity contribution is -0.125. The van der Waals surface area contributed by atoms with Gasteiger partial charge in [0.05, 0.1) is 24.8 Å². The maximum atomic E-state index is 12.8. The van der Waals surface area contributed by atoms with Gasteiger partial charge in [-0.3, -0.25) is 14.5 Å². The Labute approximate surface area is 176 Å². The summed E-state index contributed by atoms with van der Waals surface area (Å²) in [6.07, 6.45) is 1.68. The molecule has 2 aromatic carbocycles. The van der Waals surface area contributed by atoms with Crippen molar-refractivity contribution in [3.63, 3.8) is 0 Å². The van der Waals surface area contributed by atoms with Crippen molar-refractivity contribution in [2.45, 2.75) is 25.8 Å². The molecule has 0 radical (unpaired) electrons. The number of piperidine rings is 1. The Morgan fingerprint density at radius 3 is 2.66 bits per heavy atom. The lowest BCUT2D eigenvalue weighted by Crippen LogP contribution is -2.49. The van der Waals surface area contributed by atoms with Crippen molar-refractivity contribution in [1.29, 1.82) is 0 Å². The summed E-state index contributed by atoms with van der Waals surface area (Å²) >= 11 is 6.04. The Kier molecular flexibility index (Phi) is 7.12. The van der Waals surface area contributed by atoms with E-state index in [1.165, 1.54) is 0 Å². The van der Waals surface area contributed by atoms with Crippen LogP contribution in [-0.2, 0) is 9.59 Å². The molecular formula is C22H26ClN3O3. The quantitative estimate of drug-likeness (QED) is 0.747. The summed E-state index contributed by atoms with van der Waals surface area (Å²) in [4.78, 5) is 27.5. The molecule has 1 fully saturated rings. The van der Waals surface area contributed by atoms with Crippen LogP contribution in [0.1, 0.15) is 19.8 Å². The Morgan fingerprint density at radius 2 is 1.93 bits per heavy atom. The van der Waals surface area contributed by atoms with Gasteiger partial charge < -0.3 is 15.4 Å². The average Bonchev–Trinajstić information content (AvgIpc) is 2.74. The van der Waals surface area contributed by atoms with E-state index in [1.807, 2.05) is 42.2 Å². The fraction of sp³-hybridized carbons (Fsp3) is 0.364. The number of benzene rings is 2. The van der Waals surface area contributed by atoms with Gasteiger partial charge in [-0.2, -0.15) is 0 Å². The summed E-state index contributed by atoms with van der Waals surface area (Å²) in [5.74, 6) is 0.230. The Balaban J connectivity index is 1.61. The molecule has 1 saturated heterocycles. The topological polar surface area (TPSA) is 70.7 Å². The van der Waals surface area contributed by atoms with Crippen LogP contribution in [0.25, 0.3) is 0 Å². The number of rotatable bonds is 6. The molecule has 2 N–H and O–H groups in total. The SMILES string of the molecule is COc1ccc(Cl)cc1NC(=O)[C@@H](C)N1CCC[C@@H](C(=O)Nc2ccccc2)C1. The molecule has 2 amide bonds. The van der Waals surface area contributed by atoms with Gasteiger partial charge >= 0.3 is 0 Å². The second-order valence-corrected chi connectivity index (χ2v) is 7.64. The third kappa shape index (κ3) is 5.49. The summed E-state index contributed by atoms with van der Waals surface area (Å²) < 4.78 is 5.29. The number of para-hydroxylation sites is 1. The molecule has 0 saturated carbocycles. The minimum atomic E-state index is -0.383. The van der Waals surface area contributed by atoms with E-state index in [1.54, 1.807) is 25.3 Å². The van der Waals surface area contributed by atoms with Crippen LogP contribution in [0.4, 0.5) is 11.4 Å². The molecule has 3 rings (SSSR count). The standard InChI is InChI=1S/C22H26ClN3O3/c1-15(21(27)25-19-13-17(23)10-11-20(19)29-2)26-12-6-7-16(14-26)22(28)24-18-8-4-3-5-9-18/h3-5,8-11,13,15-16H,6-7,12,14H2,1-2H3,(H,24,28)(H,25,27)/t15-,16-/m1/s1. The average molecular weight is 416 g/mol. The first-order valence-electron chi connectivity index (χ1n) is 9.72. The summed E-state index contributed by atoms with van der Waals surface area (Å²) in [5, 5.41) is 6.37. The van der Waals surface area contributed by atoms with E-state index in [0.29, 0.717) is 23.0 Å². The normalized spacial score (nSPS) is 18.0. The van der Waals surface area contributed by atoms with E-state index >= 15 is 0 Å². The van der Waals surface area contributed by atoms with Crippen molar-refractivity contribution in [3.8, 4) is 5.75 Å². The first kappa shape index (κ1) is 21.1. The highest BCUT2D eigenvalue weighted by Gasteiger charge is 2.31. The number of carbonyl (C=O) groups is 2. The van der Waals surface area contributed by atoms with Gasteiger partial charge in [0, 0.05) is 17.3 Å². The van der Waals surface area contributed by atoms with E-state index in [2.05, 4.69) is 10.6 Å². The Morgan fingerprint density at radius 1 is 1.17 bits per heavy atom. The second kappa shape index (κ2) is 9.76. The fourth-order valence-electron chi connectivity index (χ4n) is 3.52. The highest BCUT2D eigenvalue weighted by Crippen LogP contribution is 2.28. The summed E-state index contributed by atoms with van der Waals surface area (Å²) in [6.45, 7) is 3.17. The van der Waals surface area contributed by atoms with E-state index in [4.69, 9.17) is 16.3 Å². The van der Waals surface area contributed by atoms with Gasteiger partial charge in [0.25, 0.3) is 0 Å². The van der Waals surface area contributed by atoms with E-state index in [0.717, 1.165) is 25.1 Å². The number of amides is 2. The molecular weight excluding hydrogens is 390 g/mol. The monoisotopic (exact) mass is 415 g/mol. The highest BCUT2D eigenvalue weighted by molar-refractivity contribution is 6.31. The zero-order valence-corrected chi connectivity index (χ0v) is 17.4. The van der Waals surface area contributed by atoms with Gasteiger partial charge in [-0.15, -0.1) is 0 Å². The van der Waals surface area contributed by atoms with Gasteiger partial charge in [-0.05, 0) is 56.6 Å². The zero-order chi connectivity index (χ0) is 20.8. The first-order valence-corrected chi connectivity index (χ1v) is 10.1. The van der Waals surface area contributed by atoms with Crippen molar-refractivity contribution in [2.24, 2.45) is 5.92 Å². The number of halogens is 1. The number of nitrogens with one attached hydrogen (secondary N) is 2. The van der Waals surface area contributed by atoms with Crippen molar-refractivity contribution >= 4 is 34.8 Å². The largest absolute Gasteiger partial charge is 0.495 e. The third-order valence-corrected chi connectivity index (χ3v) is 5.45. The van der Waals surface area contributed by atoms with Gasteiger partial charge in [0.1, 0.15) is 5.75 Å². The number of hydrogen-bond donors (Lipinski definition) is 2. The van der Waals surface area contributed by atoms with Gasteiger partial charge in [0.2, 0.25) is 11.8 Å². The van der Waals surface area contributed by atoms with Crippen molar-refractivity contribution < 1.29 is 14.3 Å². The van der Waals surface area contributed by atoms with Crippen molar-refractivity contribution in [2.75, 3.05) is 30.8 Å². The smallest absolute Gasteiger partial charge is 0.241 e. The molecule has 0 bridgehead atoms. The van der Waals surface area contributed by atoms with Crippen molar-refractivity contribution in [1.82, 2.24) is 4.90 Å². The molecule has 29 heavy (non-hydrogen) atoms. The molecule has 1 aliphatic heterocycles. The number of anilines is 2. The molecule has 154 valence electrons. The number of hydrogen-bond acceptors (Lipinski definition) is 4. The second-order valence-electron chi connectivity index (χ2n) is 7.20. The van der Waals surface area contributed by atoms with Crippen LogP contribution >= 0.6 is 11.6 Å². The molecule has 0 aliphatic carbocycles. The predicted molar refractivity (Wildman–Crippen MR) is 115 cm³/mol. The molecule has 0 aromatic heterocycles. The minimum absolute atomic E-state index is 0.00924. The number of ether oxygens (including phenoxy) is 1. The Bertz CT molecular complexity index is 860. The van der Waals surface area contributed by atoms with E-state index in [9.17, 15) is 9.59 Å². The highest BCUT2D eigenvalue weighted by atomic mass is 35.5. The molecule has 2 atom stereocenters. The maximum Gasteiger partial charge on any atom is 0.241 e. The zero-order valence-electron chi connectivity index (χ0n) is 16.7. The van der Waals surface area contributed by atoms with Crippen LogP contribution in [0.5, 0.6) is 5.75 Å². The van der Waals surface area contributed by atoms with Crippen LogP contribution in [0.3, 0.4) is 0 Å². The molecule has 1 heterocycles. The van der Waals surface area contributed by atoms with Crippen LogP contribution in [0.15, 0.2) is 48.5 Å². The first-order chi connectivity index (χ1) is 14.0. The van der Waals surface area contributed by atoms with Gasteiger partial charge in [0.15, 0.2) is 0 Å². The van der Waals surface area contributed by atoms with Gasteiger partial charge in [-0.25, -0.2) is 0 Å². The van der Waals surface area contributed by atoms with Gasteiger partial charge in [-0.1, -0.05) is 29.8 Å². The maximum absolute atomic E-state index is 12.8. The van der Waals surface area contributed by atoms with Crippen LogP contribution in [0, 0.1) is 5.92 Å². The molecule has 7 heteroatoms. The number of carbonyl (C=O) groups excluding carboxylic acids is 2. The predicted octanol–water partition coefficient (Wildman–Crippen LogP) is 4.03. The number of nitrogens with zero attached hydrogens (tertiary/aromatic N) is 1. The fourth-order valence-corrected chi connectivity index (χ4v) is 3.69. The molecule has 1 aliphatic rings. The molecule has 6 nitrogen and oxygen atoms in total.